The zero-order chi connectivity index (χ0) is 102. The van der Waals surface area contributed by atoms with Crippen molar-refractivity contribution in [2.45, 2.75) is 25.9 Å². The van der Waals surface area contributed by atoms with E-state index in [4.69, 9.17) is 128 Å². The number of anilines is 6. The predicted molar refractivity (Wildman–Crippen MR) is 462 cm³/mol. The maximum Gasteiger partial charge on any atom is 0.433 e. The molecular formula is C81H62Cl6F14N18O17. The van der Waals surface area contributed by atoms with Gasteiger partial charge in [-0.05, 0) is 79.2 Å². The van der Waals surface area contributed by atoms with Crippen LogP contribution in [0.3, 0.4) is 0 Å². The topological polar surface area (TPSA) is 526 Å². The molecule has 13 N–H and O–H groups in total. The molecule has 3 aromatic carbocycles. The summed E-state index contributed by atoms with van der Waals surface area (Å²) in [4.78, 5) is 115. The SMILES string of the molecule is C=Cc1c(N)nc(-c2ccc(C(F)(F)F)nc2)nc1C(=O)OC.COC(=O)c1nc(-c2c(F)cc(Cl)c(F)c2C)cc(N)c1Cl.COC(=O)c1nc(-c2ccc(Cl)c(F)c2OC)c(F)c(N)c1Cl.COC(=O)c1nc(-c2ccc(Cl)c(F)c2OC)nc(N)c1OC.COC(=O)c1nc(-c2ccc(OC(F)F)nc2)c(F)c(N)c1Cl.COc1c(N)nc(-c2ccc(C(F)(F)F)nc2)nc1C(=O)O. The molecule has 0 fully saturated rings. The lowest BCUT2D eigenvalue weighted by Gasteiger charge is -2.14. The van der Waals surface area contributed by atoms with Crippen molar-refractivity contribution in [3.63, 3.8) is 0 Å². The summed E-state index contributed by atoms with van der Waals surface area (Å²) in [5.74, 6) is -12.7. The smallest absolute Gasteiger partial charge is 0.433 e. The van der Waals surface area contributed by atoms with E-state index >= 15 is 0 Å². The molecule has 0 radical (unpaired) electrons. The van der Waals surface area contributed by atoms with Gasteiger partial charge in [-0.1, -0.05) is 82.3 Å². The van der Waals surface area contributed by atoms with Gasteiger partial charge in [0.25, 0.3) is 0 Å². The molecular weight excluding hydrogens is 1980 g/mol. The van der Waals surface area contributed by atoms with E-state index in [0.717, 1.165) is 83.4 Å². The van der Waals surface area contributed by atoms with Gasteiger partial charge in [0.15, 0.2) is 110 Å². The number of halogens is 20. The van der Waals surface area contributed by atoms with Gasteiger partial charge in [-0.25, -0.2) is 105 Å². The Hall–Kier alpha value is -15.1. The normalized spacial score (nSPS) is 10.8. The van der Waals surface area contributed by atoms with Gasteiger partial charge >= 0.3 is 54.8 Å². The second-order valence-corrected chi connectivity index (χ2v) is 27.8. The van der Waals surface area contributed by atoms with Crippen molar-refractivity contribution < 1.29 is 143 Å². The Morgan fingerprint density at radius 3 is 1.24 bits per heavy atom. The summed E-state index contributed by atoms with van der Waals surface area (Å²) in [5.41, 5.74) is 28.4. The average Bonchev–Trinajstić information content (AvgIpc) is 0.757. The number of esters is 5. The quantitative estimate of drug-likeness (QED) is 0.0171. The highest BCUT2D eigenvalue weighted by molar-refractivity contribution is 6.37. The van der Waals surface area contributed by atoms with Gasteiger partial charge in [0, 0.05) is 58.0 Å². The number of aromatic carboxylic acids is 1. The summed E-state index contributed by atoms with van der Waals surface area (Å²) in [7, 11) is 10.6. The summed E-state index contributed by atoms with van der Waals surface area (Å²) >= 11 is 34.4. The zero-order valence-corrected chi connectivity index (χ0v) is 74.9. The van der Waals surface area contributed by atoms with Crippen LogP contribution < -0.4 is 58.1 Å². The summed E-state index contributed by atoms with van der Waals surface area (Å²) < 4.78 is 230. The van der Waals surface area contributed by atoms with Gasteiger partial charge in [-0.15, -0.1) is 0 Å². The summed E-state index contributed by atoms with van der Waals surface area (Å²) in [6, 6.07) is 13.4. The van der Waals surface area contributed by atoms with Crippen molar-refractivity contribution in [2.75, 3.05) is 98.4 Å². The van der Waals surface area contributed by atoms with E-state index in [1.807, 2.05) is 0 Å². The largest absolute Gasteiger partial charge is 0.493 e. The Morgan fingerprint density at radius 2 is 0.816 bits per heavy atom. The highest BCUT2D eigenvalue weighted by Gasteiger charge is 2.36. The van der Waals surface area contributed by atoms with Crippen LogP contribution in [0.5, 0.6) is 28.9 Å². The summed E-state index contributed by atoms with van der Waals surface area (Å²) in [5, 5.41) is 7.45. The van der Waals surface area contributed by atoms with E-state index < -0.39 is 135 Å². The standard InChI is InChI=1S/C14H10Cl2F2N2O3.C14H10Cl2F2N2O2.C14H13ClFN3O4.C14H11F3N4O2.C13H9ClF3N3O3.C12H9F3N4O3/c1-22-13-5(3-4-6(15)8(13)17)11-9(18)10(19)7(16)12(20-11)14(21)23-2;1-5-10(7(17)3-6(15)12(5)18)9-4-8(19)11(16)13(20-9)14(21)22-2;1-21-10-6(4-5-7(15)8(10)16)13-18-9(14(20)23-3)11(22-2)12(17)19-13;1-3-8-10(13(22)23-2)20-12(21-11(8)18)7-4-5-9(19-6-7)14(15,16)17;1-22-12(21)11-7(14)9(18)8(15)10(20-11)5-2-3-6(19-4-5)23-13(16)17;1-22-8-7(11(20)21)18-10(19-9(8)16)5-2-3-6(17-4-5)12(13,14)15/h3-4H,1-2H3,(H2,19,20);3-4H,1-2H3,(H2,19,20);4-5H,1-3H3,(H2,17,18,19);3-6H,1H2,2H3,(H2,18,20,21);2-4,13H,1H3,(H2,18,20);2-4H,1H3,(H,20,21)(H2,16,18,19). The number of nitrogens with two attached hydrogens (primary N) is 6. The molecule has 0 saturated heterocycles. The van der Waals surface area contributed by atoms with Crippen molar-refractivity contribution in [3.05, 3.63) is 220 Å². The minimum absolute atomic E-state index is 0.0128. The molecule has 0 bridgehead atoms. The first kappa shape index (κ1) is 108. The molecule has 12 aromatic rings. The number of hydrogen-bond donors (Lipinski definition) is 7. The van der Waals surface area contributed by atoms with Gasteiger partial charge in [0.2, 0.25) is 5.88 Å². The molecule has 12 rings (SSSR count). The first-order valence-corrected chi connectivity index (χ1v) is 38.5. The fourth-order valence-electron chi connectivity index (χ4n) is 10.8. The van der Waals surface area contributed by atoms with Crippen molar-refractivity contribution >= 4 is 146 Å². The number of methoxy groups -OCH3 is 9. The third-order valence-corrected chi connectivity index (χ3v) is 19.2. The highest BCUT2D eigenvalue weighted by Crippen LogP contribution is 2.43. The number of pyridine rings is 6. The number of rotatable bonds is 19. The number of carboxylic acid groups (broad SMARTS) is 1. The van der Waals surface area contributed by atoms with Crippen molar-refractivity contribution in [1.82, 2.24) is 59.8 Å². The lowest BCUT2D eigenvalue weighted by molar-refractivity contribution is -0.141. The molecule has 0 amide bonds. The van der Waals surface area contributed by atoms with Gasteiger partial charge in [-0.3, -0.25) is 9.97 Å². The van der Waals surface area contributed by atoms with E-state index in [9.17, 15) is 90.2 Å². The summed E-state index contributed by atoms with van der Waals surface area (Å²) in [6.07, 6.45) is -4.97. The Labute approximate surface area is 785 Å². The number of alkyl halides is 8. The van der Waals surface area contributed by atoms with Gasteiger partial charge < -0.3 is 86.9 Å². The number of nitrogen functional groups attached to an aromatic ring is 6. The van der Waals surface area contributed by atoms with Gasteiger partial charge in [0.1, 0.15) is 40.2 Å². The van der Waals surface area contributed by atoms with E-state index in [0.29, 0.717) is 0 Å². The van der Waals surface area contributed by atoms with E-state index in [1.165, 1.54) is 84.9 Å². The van der Waals surface area contributed by atoms with Crippen molar-refractivity contribution in [2.24, 2.45) is 0 Å². The third kappa shape index (κ3) is 25.1. The number of nitrogens with zero attached hydrogens (tertiary/aromatic N) is 12. The van der Waals surface area contributed by atoms with Crippen LogP contribution in [0.25, 0.3) is 74.0 Å². The number of ether oxygens (including phenoxy) is 10. The Balaban J connectivity index is 0.000000222. The fraction of sp³-hybridized carbons (Fsp3) is 0.160. The third-order valence-electron chi connectivity index (χ3n) is 17.2. The van der Waals surface area contributed by atoms with Crippen molar-refractivity contribution in [3.8, 4) is 96.8 Å². The molecule has 0 aliphatic carbocycles. The van der Waals surface area contributed by atoms with Crippen LogP contribution in [-0.2, 0) is 36.0 Å². The monoisotopic (exact) mass is 2030 g/mol. The fourth-order valence-corrected chi connectivity index (χ4v) is 11.9. The molecule has 136 heavy (non-hydrogen) atoms. The number of benzene rings is 3. The average molecular weight is 2040 g/mol. The summed E-state index contributed by atoms with van der Waals surface area (Å²) in [6.45, 7) is 1.80. The lowest BCUT2D eigenvalue weighted by atomic mass is 10.0. The number of aromatic nitrogens is 12. The molecule has 0 spiro atoms. The highest BCUT2D eigenvalue weighted by atomic mass is 35.5. The van der Waals surface area contributed by atoms with Gasteiger partial charge in [0.05, 0.1) is 122 Å². The number of carbonyl (C=O) groups is 6. The van der Waals surface area contributed by atoms with Crippen LogP contribution in [0.15, 0.2) is 98.0 Å². The van der Waals surface area contributed by atoms with E-state index in [2.05, 4.69) is 94.8 Å². The maximum atomic E-state index is 14.4. The molecule has 55 heteroatoms. The minimum atomic E-state index is -4.58. The molecule has 0 unspecified atom stereocenters. The number of hydrogen-bond acceptors (Lipinski definition) is 34. The molecule has 0 saturated carbocycles. The molecule has 9 aromatic heterocycles. The Kier molecular flexibility index (Phi) is 36.9. The second kappa shape index (κ2) is 46.5. The predicted octanol–water partition coefficient (Wildman–Crippen LogP) is 17.4. The second-order valence-electron chi connectivity index (χ2n) is 25.4. The minimum Gasteiger partial charge on any atom is -0.493 e. The van der Waals surface area contributed by atoms with E-state index in [-0.39, 0.29) is 173 Å². The Morgan fingerprint density at radius 1 is 0.419 bits per heavy atom. The molecule has 35 nitrogen and oxygen atoms in total. The van der Waals surface area contributed by atoms with Gasteiger partial charge in [-0.2, -0.15) is 35.1 Å². The zero-order valence-electron chi connectivity index (χ0n) is 70.4. The number of carboxylic acids is 1. The van der Waals surface area contributed by atoms with Crippen LogP contribution in [0.1, 0.15) is 85.4 Å². The molecule has 0 aliphatic rings. The van der Waals surface area contributed by atoms with Crippen LogP contribution in [0.2, 0.25) is 30.1 Å². The first-order valence-electron chi connectivity index (χ1n) is 36.2. The molecule has 0 aliphatic heterocycles. The molecule has 718 valence electrons. The Bertz CT molecular complexity index is 6580. The number of carbonyl (C=O) groups excluding carboxylic acids is 5. The van der Waals surface area contributed by atoms with E-state index in [1.54, 1.807) is 0 Å². The van der Waals surface area contributed by atoms with Crippen LogP contribution >= 0.6 is 69.6 Å². The molecule has 0 atom stereocenters. The molecule has 9 heterocycles. The maximum absolute atomic E-state index is 14.4. The van der Waals surface area contributed by atoms with Crippen molar-refractivity contribution in [1.29, 1.82) is 0 Å². The first-order chi connectivity index (χ1) is 63.9. The van der Waals surface area contributed by atoms with Crippen LogP contribution in [0, 0.1) is 41.8 Å². The van der Waals surface area contributed by atoms with Crippen LogP contribution in [-0.4, -0.2) is 171 Å². The lowest BCUT2D eigenvalue weighted by Crippen LogP contribution is -2.12. The van der Waals surface area contributed by atoms with Crippen LogP contribution in [0.4, 0.5) is 96.0 Å².